The van der Waals surface area contributed by atoms with E-state index < -0.39 is 0 Å². The van der Waals surface area contributed by atoms with Crippen molar-refractivity contribution in [2.24, 2.45) is 0 Å². The molecule has 0 aliphatic rings. The maximum absolute atomic E-state index is 3.72. The fraction of sp³-hybridized carbons (Fsp3) is 0. The molecule has 0 saturated heterocycles. The second-order valence-electron chi connectivity index (χ2n) is 0.832. The van der Waals surface area contributed by atoms with Gasteiger partial charge in [0.05, 0.1) is 0 Å². The summed E-state index contributed by atoms with van der Waals surface area (Å²) in [5.74, 6) is 0. The van der Waals surface area contributed by atoms with E-state index in [2.05, 4.69) is 4.98 Å². The molecule has 2 heteroatoms. The minimum absolute atomic E-state index is 0. The van der Waals surface area contributed by atoms with E-state index in [1.54, 1.807) is 12.4 Å². The average Bonchev–Trinajstić information content (AvgIpc) is 1.76. The van der Waals surface area contributed by atoms with Gasteiger partial charge in [0.2, 0.25) is 0 Å². The Labute approximate surface area is 79.0 Å². The fourth-order valence-electron chi connectivity index (χ4n) is 0.248. The Kier molecular flexibility index (Phi) is 75.5. The minimum atomic E-state index is 0. The standard InChI is InChI=1S/C4H4N.4CH3.Ru/c1-2-4-5-3-1;;;;;/h1-4H;4*1H3;/q5*-1;+5. The minimum Gasteiger partial charge on any atom is -0.670 e. The quantitative estimate of drug-likeness (QED) is 0.490. The van der Waals surface area contributed by atoms with Crippen LogP contribution in [-0.4, -0.2) is 0 Å². The molecule has 1 nitrogen and oxygen atoms in total. The molecule has 1 aromatic heterocycles. The molecule has 0 atom stereocenters. The van der Waals surface area contributed by atoms with Crippen molar-refractivity contribution >= 4 is 0 Å². The zero-order chi connectivity index (χ0) is 3.54. The fourth-order valence-corrected chi connectivity index (χ4v) is 0.248. The number of aromatic nitrogens is 1. The van der Waals surface area contributed by atoms with Crippen LogP contribution < -0.4 is 4.98 Å². The number of rotatable bonds is 0. The maximum atomic E-state index is 3.72. The first-order valence-corrected chi connectivity index (χ1v) is 1.52. The first-order chi connectivity index (χ1) is 2.50. The van der Waals surface area contributed by atoms with Crippen molar-refractivity contribution in [3.8, 4) is 0 Å². The van der Waals surface area contributed by atoms with Crippen molar-refractivity contribution in [1.29, 1.82) is 0 Å². The largest absolute Gasteiger partial charge is 5.00 e. The van der Waals surface area contributed by atoms with Crippen molar-refractivity contribution in [3.63, 3.8) is 0 Å². The Hall–Kier alpha value is -0.0966. The van der Waals surface area contributed by atoms with Crippen molar-refractivity contribution in [2.75, 3.05) is 0 Å². The Morgan fingerprint density at radius 3 is 1.10 bits per heavy atom. The van der Waals surface area contributed by atoms with Gasteiger partial charge in [-0.2, -0.15) is 12.4 Å². The van der Waals surface area contributed by atoms with E-state index in [0.717, 1.165) is 0 Å². The van der Waals surface area contributed by atoms with Gasteiger partial charge < -0.3 is 34.7 Å². The third kappa shape index (κ3) is 15.7. The van der Waals surface area contributed by atoms with Crippen LogP contribution in [0.1, 0.15) is 0 Å². The van der Waals surface area contributed by atoms with Crippen molar-refractivity contribution in [3.05, 3.63) is 54.2 Å². The van der Waals surface area contributed by atoms with Crippen LogP contribution in [0.5, 0.6) is 0 Å². The third-order valence-electron chi connectivity index (χ3n) is 0.455. The molecule has 61 valence electrons. The van der Waals surface area contributed by atoms with Gasteiger partial charge in [-0.05, 0) is 0 Å². The Balaban J connectivity index is -0.0000000167. The topological polar surface area (TPSA) is 14.1 Å². The Morgan fingerprint density at radius 1 is 0.700 bits per heavy atom. The molecule has 0 N–H and O–H groups in total. The van der Waals surface area contributed by atoms with Gasteiger partial charge in [-0.1, -0.05) is 12.1 Å². The van der Waals surface area contributed by atoms with Crippen molar-refractivity contribution < 1.29 is 19.5 Å². The van der Waals surface area contributed by atoms with Crippen LogP contribution >= 0.6 is 0 Å². The van der Waals surface area contributed by atoms with E-state index in [-0.39, 0.29) is 49.2 Å². The smallest absolute Gasteiger partial charge is 0.670 e. The van der Waals surface area contributed by atoms with Crippen LogP contribution in [0.2, 0.25) is 0 Å². The van der Waals surface area contributed by atoms with Crippen LogP contribution in [-0.2, 0) is 19.5 Å². The number of hydrogen-bond donors (Lipinski definition) is 0. The molecule has 1 heterocycles. The molecule has 0 spiro atoms. The van der Waals surface area contributed by atoms with Crippen LogP contribution in [0.25, 0.3) is 0 Å². The SMILES string of the molecule is [CH3-].[CH3-].[CH3-].[CH3-].[Ru+5].c1cc[n-]c1. The number of hydrogen-bond acceptors (Lipinski definition) is 0. The zero-order valence-electron chi connectivity index (χ0n) is 7.11. The summed E-state index contributed by atoms with van der Waals surface area (Å²) >= 11 is 0. The average molecular weight is 227 g/mol. The molecule has 0 aromatic carbocycles. The molecule has 1 aromatic rings. The van der Waals surface area contributed by atoms with Gasteiger partial charge in [0.15, 0.2) is 0 Å². The van der Waals surface area contributed by atoms with Crippen LogP contribution in [0, 0.1) is 29.7 Å². The molecule has 0 amide bonds. The van der Waals surface area contributed by atoms with E-state index in [4.69, 9.17) is 0 Å². The van der Waals surface area contributed by atoms with Gasteiger partial charge in [0.25, 0.3) is 0 Å². The van der Waals surface area contributed by atoms with Crippen LogP contribution in [0.3, 0.4) is 0 Å². The van der Waals surface area contributed by atoms with Crippen molar-refractivity contribution in [2.45, 2.75) is 0 Å². The summed E-state index contributed by atoms with van der Waals surface area (Å²) in [6.45, 7) is 0. The van der Waals surface area contributed by atoms with Gasteiger partial charge in [-0.3, -0.25) is 0 Å². The van der Waals surface area contributed by atoms with E-state index in [1.165, 1.54) is 0 Å². The summed E-state index contributed by atoms with van der Waals surface area (Å²) in [6, 6.07) is 3.78. The molecule has 0 aliphatic heterocycles. The third-order valence-corrected chi connectivity index (χ3v) is 0.455. The normalized spacial score (nSPS) is 4.00. The van der Waals surface area contributed by atoms with Gasteiger partial charge in [-0.25, -0.2) is 0 Å². The maximum Gasteiger partial charge on any atom is 5.00 e. The Bertz CT molecular complexity index is 65.7. The van der Waals surface area contributed by atoms with E-state index >= 15 is 0 Å². The van der Waals surface area contributed by atoms with Gasteiger partial charge in [-0.15, -0.1) is 0 Å². The summed E-state index contributed by atoms with van der Waals surface area (Å²) in [4.78, 5) is 3.72. The van der Waals surface area contributed by atoms with Crippen LogP contribution in [0.15, 0.2) is 24.5 Å². The monoisotopic (exact) mass is 228 g/mol. The summed E-state index contributed by atoms with van der Waals surface area (Å²) < 4.78 is 0. The number of nitrogens with zero attached hydrogens (tertiary/aromatic N) is 1. The first-order valence-electron chi connectivity index (χ1n) is 1.52. The Morgan fingerprint density at radius 2 is 1.00 bits per heavy atom. The first kappa shape index (κ1) is 32.7. The molecule has 1 radical (unpaired) electrons. The second-order valence-corrected chi connectivity index (χ2v) is 0.832. The van der Waals surface area contributed by atoms with Gasteiger partial charge >= 0.3 is 19.5 Å². The molecule has 0 aliphatic carbocycles. The predicted molar refractivity (Wildman–Crippen MR) is 45.4 cm³/mol. The van der Waals surface area contributed by atoms with E-state index in [9.17, 15) is 0 Å². The summed E-state index contributed by atoms with van der Waals surface area (Å²) in [5, 5.41) is 0. The molecule has 1 rings (SSSR count). The molecule has 10 heavy (non-hydrogen) atoms. The molecule has 0 saturated carbocycles. The molecule has 0 fully saturated rings. The van der Waals surface area contributed by atoms with E-state index in [1.807, 2.05) is 12.1 Å². The summed E-state index contributed by atoms with van der Waals surface area (Å²) in [7, 11) is 0. The second kappa shape index (κ2) is 23.1. The summed E-state index contributed by atoms with van der Waals surface area (Å²) in [5.41, 5.74) is 0. The van der Waals surface area contributed by atoms with Crippen LogP contribution in [0.4, 0.5) is 0 Å². The molecular formula is C8H16NRu. The molecule has 0 unspecified atom stereocenters. The zero-order valence-corrected chi connectivity index (χ0v) is 8.85. The summed E-state index contributed by atoms with van der Waals surface area (Å²) in [6.07, 6.45) is 3.50. The molecule has 0 bridgehead atoms. The predicted octanol–water partition coefficient (Wildman–Crippen LogP) is 2.44. The van der Waals surface area contributed by atoms with Crippen molar-refractivity contribution in [1.82, 2.24) is 4.98 Å². The van der Waals surface area contributed by atoms with Gasteiger partial charge in [0.1, 0.15) is 0 Å². The molecular weight excluding hydrogens is 211 g/mol. The van der Waals surface area contributed by atoms with E-state index in [0.29, 0.717) is 0 Å². The van der Waals surface area contributed by atoms with Gasteiger partial charge in [0, 0.05) is 0 Å².